The van der Waals surface area contributed by atoms with Crippen molar-refractivity contribution >= 4 is 45.9 Å². The molecule has 4 rings (SSSR count). The van der Waals surface area contributed by atoms with Gasteiger partial charge in [-0.15, -0.1) is 0 Å². The maximum atomic E-state index is 12.6. The van der Waals surface area contributed by atoms with Crippen molar-refractivity contribution in [2.45, 2.75) is 12.8 Å². The highest BCUT2D eigenvalue weighted by atomic mass is 32.2. The number of hydrogen-bond acceptors (Lipinski definition) is 5. The van der Waals surface area contributed by atoms with Crippen molar-refractivity contribution in [1.29, 1.82) is 0 Å². The lowest BCUT2D eigenvalue weighted by molar-refractivity contribution is -0.135. The van der Waals surface area contributed by atoms with E-state index in [4.69, 9.17) is 0 Å². The quantitative estimate of drug-likeness (QED) is 0.730. The molecule has 8 nitrogen and oxygen atoms in total. The monoisotopic (exact) mass is 400 g/mol. The number of aromatic nitrogens is 2. The molecule has 2 fully saturated rings. The van der Waals surface area contributed by atoms with Crippen LogP contribution in [0.5, 0.6) is 0 Å². The maximum absolute atomic E-state index is 12.6. The van der Waals surface area contributed by atoms with E-state index >= 15 is 0 Å². The molecule has 2 aliphatic heterocycles. The number of benzene rings is 1. The minimum Gasteiger partial charge on any atom is -0.341 e. The van der Waals surface area contributed by atoms with E-state index in [0.717, 1.165) is 40.5 Å². The summed E-state index contributed by atoms with van der Waals surface area (Å²) in [5, 5.41) is -0.433. The van der Waals surface area contributed by atoms with Crippen LogP contribution in [-0.4, -0.2) is 55.6 Å². The Bertz CT molecular complexity index is 1090. The molecule has 3 amide bonds. The molecule has 0 spiro atoms. The second-order valence-electron chi connectivity index (χ2n) is 7.00. The van der Waals surface area contributed by atoms with Gasteiger partial charge in [0.15, 0.2) is 0 Å². The summed E-state index contributed by atoms with van der Waals surface area (Å²) in [6.07, 6.45) is 3.54. The van der Waals surface area contributed by atoms with Crippen molar-refractivity contribution in [3.05, 3.63) is 39.2 Å². The Morgan fingerprint density at radius 1 is 1.07 bits per heavy atom. The third kappa shape index (κ3) is 3.05. The maximum Gasteiger partial charge on any atom is 0.328 e. The lowest BCUT2D eigenvalue weighted by atomic mass is 10.2. The average Bonchev–Trinajstić information content (AvgIpc) is 3.35. The number of carbonyl (C=O) groups is 3. The molecule has 0 saturated carbocycles. The Labute approximate surface area is 165 Å². The van der Waals surface area contributed by atoms with Gasteiger partial charge in [0.05, 0.1) is 15.9 Å². The molecule has 0 atom stereocenters. The summed E-state index contributed by atoms with van der Waals surface area (Å²) < 4.78 is 3.09. The van der Waals surface area contributed by atoms with Crippen LogP contribution in [0.2, 0.25) is 0 Å². The van der Waals surface area contributed by atoms with Crippen LogP contribution < -0.4 is 5.69 Å². The van der Waals surface area contributed by atoms with Crippen LogP contribution in [0.4, 0.5) is 4.79 Å². The first-order valence-corrected chi connectivity index (χ1v) is 9.87. The van der Waals surface area contributed by atoms with Crippen molar-refractivity contribution in [3.8, 4) is 0 Å². The Balaban J connectivity index is 1.58. The minimum atomic E-state index is -0.454. The fraction of sp³-hybridized carbons (Fsp3) is 0.368. The van der Waals surface area contributed by atoms with Crippen molar-refractivity contribution < 1.29 is 14.4 Å². The second kappa shape index (κ2) is 6.97. The largest absolute Gasteiger partial charge is 0.341 e. The number of aryl methyl sites for hydroxylation is 2. The highest BCUT2D eigenvalue weighted by Gasteiger charge is 2.37. The fourth-order valence-corrected chi connectivity index (χ4v) is 4.44. The first-order chi connectivity index (χ1) is 13.4. The van der Waals surface area contributed by atoms with Gasteiger partial charge in [0.1, 0.15) is 6.54 Å². The zero-order valence-electron chi connectivity index (χ0n) is 15.7. The lowest BCUT2D eigenvalue weighted by Crippen LogP contribution is -2.40. The first kappa shape index (κ1) is 18.5. The highest BCUT2D eigenvalue weighted by Crippen LogP contribution is 2.32. The van der Waals surface area contributed by atoms with Crippen LogP contribution in [0.25, 0.3) is 17.1 Å². The lowest BCUT2D eigenvalue weighted by Gasteiger charge is -2.18. The van der Waals surface area contributed by atoms with Gasteiger partial charge in [0.25, 0.3) is 11.1 Å². The van der Waals surface area contributed by atoms with Crippen molar-refractivity contribution in [1.82, 2.24) is 18.9 Å². The molecule has 146 valence electrons. The summed E-state index contributed by atoms with van der Waals surface area (Å²) >= 11 is 0.833. The van der Waals surface area contributed by atoms with Crippen LogP contribution in [0.15, 0.2) is 27.9 Å². The molecule has 0 aliphatic carbocycles. The molecule has 0 bridgehead atoms. The highest BCUT2D eigenvalue weighted by molar-refractivity contribution is 8.18. The van der Waals surface area contributed by atoms with E-state index in [-0.39, 0.29) is 23.0 Å². The molecule has 0 unspecified atom stereocenters. The van der Waals surface area contributed by atoms with Gasteiger partial charge in [-0.1, -0.05) is 6.07 Å². The molecule has 9 heteroatoms. The summed E-state index contributed by atoms with van der Waals surface area (Å²) in [5.41, 5.74) is 2.11. The van der Waals surface area contributed by atoms with E-state index in [1.807, 2.05) is 6.07 Å². The van der Waals surface area contributed by atoms with Crippen molar-refractivity contribution in [3.63, 3.8) is 0 Å². The number of hydrogen-bond donors (Lipinski definition) is 0. The van der Waals surface area contributed by atoms with E-state index in [9.17, 15) is 19.2 Å². The van der Waals surface area contributed by atoms with Crippen molar-refractivity contribution in [2.75, 3.05) is 19.6 Å². The molecular formula is C19H20N4O4S. The number of amides is 3. The molecule has 1 aromatic heterocycles. The topological polar surface area (TPSA) is 84.6 Å². The number of carbonyl (C=O) groups excluding carboxylic acids is 3. The van der Waals surface area contributed by atoms with Gasteiger partial charge in [-0.3, -0.25) is 28.4 Å². The summed E-state index contributed by atoms with van der Waals surface area (Å²) in [6.45, 7) is 1.15. The smallest absolute Gasteiger partial charge is 0.328 e. The molecule has 0 N–H and O–H groups in total. The Hall–Kier alpha value is -2.81. The van der Waals surface area contributed by atoms with Gasteiger partial charge in [-0.05, 0) is 48.4 Å². The van der Waals surface area contributed by atoms with E-state index in [0.29, 0.717) is 18.7 Å². The predicted molar refractivity (Wildman–Crippen MR) is 107 cm³/mol. The van der Waals surface area contributed by atoms with Gasteiger partial charge in [-0.2, -0.15) is 0 Å². The number of imide groups is 1. The minimum absolute atomic E-state index is 0.132. The molecule has 2 aromatic rings. The number of rotatable bonds is 3. The fourth-order valence-electron chi connectivity index (χ4n) is 3.60. The Morgan fingerprint density at radius 2 is 1.75 bits per heavy atom. The van der Waals surface area contributed by atoms with Crippen LogP contribution in [0.3, 0.4) is 0 Å². The van der Waals surface area contributed by atoms with Gasteiger partial charge in [-0.25, -0.2) is 4.79 Å². The standard InChI is InChI=1S/C19H20N4O4S/c1-20-13-6-5-12(9-14(13)21(2)18(20)26)10-15-17(25)23(19(27)28-15)11-16(24)22-7-3-4-8-22/h5-6,9-10H,3-4,7-8,11H2,1-2H3/b15-10-. The summed E-state index contributed by atoms with van der Waals surface area (Å²) in [6, 6.07) is 5.41. The zero-order chi connectivity index (χ0) is 20.0. The van der Waals surface area contributed by atoms with Gasteiger partial charge < -0.3 is 4.90 Å². The number of imidazole rings is 1. The van der Waals surface area contributed by atoms with Crippen LogP contribution >= 0.6 is 11.8 Å². The van der Waals surface area contributed by atoms with E-state index < -0.39 is 11.1 Å². The van der Waals surface area contributed by atoms with E-state index in [2.05, 4.69) is 0 Å². The number of likely N-dealkylation sites (tertiary alicyclic amines) is 1. The Kier molecular flexibility index (Phi) is 4.62. The second-order valence-corrected chi connectivity index (χ2v) is 8.00. The summed E-state index contributed by atoms with van der Waals surface area (Å²) in [4.78, 5) is 52.2. The first-order valence-electron chi connectivity index (χ1n) is 9.05. The molecule has 2 saturated heterocycles. The molecule has 28 heavy (non-hydrogen) atoms. The molecule has 3 heterocycles. The molecule has 1 aromatic carbocycles. The average molecular weight is 400 g/mol. The third-order valence-electron chi connectivity index (χ3n) is 5.22. The van der Waals surface area contributed by atoms with Crippen LogP contribution in [0, 0.1) is 0 Å². The normalized spacial score (nSPS) is 18.9. The SMILES string of the molecule is Cn1c(=O)n(C)c2cc(/C=C3\SC(=O)N(CC(=O)N4CCCC4)C3=O)ccc21. The van der Waals surface area contributed by atoms with Crippen LogP contribution in [0.1, 0.15) is 18.4 Å². The van der Waals surface area contributed by atoms with E-state index in [1.54, 1.807) is 41.8 Å². The molecule has 0 radical (unpaired) electrons. The molecular weight excluding hydrogens is 380 g/mol. The van der Waals surface area contributed by atoms with E-state index in [1.165, 1.54) is 4.57 Å². The number of fused-ring (bicyclic) bond motifs is 1. The summed E-state index contributed by atoms with van der Waals surface area (Å²) in [7, 11) is 3.39. The number of nitrogens with zero attached hydrogens (tertiary/aromatic N) is 4. The van der Waals surface area contributed by atoms with Crippen molar-refractivity contribution in [2.24, 2.45) is 14.1 Å². The Morgan fingerprint density at radius 3 is 2.46 bits per heavy atom. The number of thioether (sulfide) groups is 1. The van der Waals surface area contributed by atoms with Crippen LogP contribution in [-0.2, 0) is 23.7 Å². The molecule has 2 aliphatic rings. The third-order valence-corrected chi connectivity index (χ3v) is 6.13. The predicted octanol–water partition coefficient (Wildman–Crippen LogP) is 1.54. The van der Waals surface area contributed by atoms with Gasteiger partial charge in [0, 0.05) is 27.2 Å². The zero-order valence-corrected chi connectivity index (χ0v) is 16.5. The summed E-state index contributed by atoms with van der Waals surface area (Å²) in [5.74, 6) is -0.647. The van der Waals surface area contributed by atoms with Gasteiger partial charge in [0.2, 0.25) is 5.91 Å². The van der Waals surface area contributed by atoms with Gasteiger partial charge >= 0.3 is 5.69 Å².